The highest BCUT2D eigenvalue weighted by molar-refractivity contribution is 6.01. The van der Waals surface area contributed by atoms with Crippen LogP contribution in [0.1, 0.15) is 30.6 Å². The zero-order valence-corrected chi connectivity index (χ0v) is 16.2. The van der Waals surface area contributed by atoms with Gasteiger partial charge in [0.05, 0.1) is 18.7 Å². The highest BCUT2D eigenvalue weighted by Crippen LogP contribution is 2.34. The van der Waals surface area contributed by atoms with Gasteiger partial charge in [-0.3, -0.25) is 19.1 Å². The van der Waals surface area contributed by atoms with Gasteiger partial charge in [0.15, 0.2) is 0 Å². The average molecular weight is 367 g/mol. The van der Waals surface area contributed by atoms with Crippen LogP contribution in [0.25, 0.3) is 0 Å². The number of anilines is 1. The summed E-state index contributed by atoms with van der Waals surface area (Å²) >= 11 is 0. The first-order valence-electron chi connectivity index (χ1n) is 9.11. The van der Waals surface area contributed by atoms with E-state index in [9.17, 15) is 9.59 Å². The first-order chi connectivity index (χ1) is 12.9. The van der Waals surface area contributed by atoms with Gasteiger partial charge in [-0.1, -0.05) is 12.1 Å². The Hall–Kier alpha value is -2.89. The number of carbonyl (C=O) groups is 2. The fourth-order valence-electron chi connectivity index (χ4n) is 3.30. The Morgan fingerprint density at radius 1 is 1.26 bits per heavy atom. The van der Waals surface area contributed by atoms with E-state index in [-0.39, 0.29) is 24.3 Å². The van der Waals surface area contributed by atoms with Crippen molar-refractivity contribution in [2.75, 3.05) is 18.6 Å². The van der Waals surface area contributed by atoms with E-state index < -0.39 is 5.92 Å². The number of hydrogen-bond donors (Lipinski definition) is 0. The lowest BCUT2D eigenvalue weighted by molar-refractivity contribution is -0.117. The van der Waals surface area contributed by atoms with E-state index in [1.165, 1.54) is 0 Å². The zero-order chi connectivity index (χ0) is 19.6. The molecule has 1 amide bonds. The highest BCUT2D eigenvalue weighted by Gasteiger charge is 2.37. The van der Waals surface area contributed by atoms with Crippen molar-refractivity contribution in [2.45, 2.75) is 33.2 Å². The van der Waals surface area contributed by atoms with Crippen LogP contribution in [0.2, 0.25) is 0 Å². The minimum absolute atomic E-state index is 0.0730. The predicted octanol–water partition coefficient (Wildman–Crippen LogP) is 2.81. The van der Waals surface area contributed by atoms with Crippen LogP contribution in [0, 0.1) is 12.8 Å². The van der Waals surface area contributed by atoms with Crippen LogP contribution in [0.3, 0.4) is 0 Å². The van der Waals surface area contributed by atoms with E-state index in [4.69, 9.17) is 4.74 Å². The van der Waals surface area contributed by atoms with Crippen LogP contribution >= 0.6 is 0 Å². The van der Waals surface area contributed by atoms with Gasteiger partial charge in [0.1, 0.15) is 11.2 Å². The summed E-state index contributed by atoms with van der Waals surface area (Å²) in [5, 5.41) is 0. The number of rotatable bonds is 4. The molecule has 142 valence electrons. The molecule has 0 bridgehead atoms. The monoisotopic (exact) mass is 367 g/mol. The number of hydrogen-bond acceptors (Lipinski definition) is 4. The van der Waals surface area contributed by atoms with Crippen LogP contribution in [0.4, 0.5) is 5.69 Å². The molecule has 0 spiro atoms. The topological polar surface area (TPSA) is 63.9 Å². The van der Waals surface area contributed by atoms with Crippen molar-refractivity contribution < 1.29 is 14.3 Å². The molecule has 6 heteroatoms. The summed E-state index contributed by atoms with van der Waals surface area (Å²) in [4.78, 5) is 31.9. The lowest BCUT2D eigenvalue weighted by Gasteiger charge is -2.20. The van der Waals surface area contributed by atoms with Crippen LogP contribution in [-0.4, -0.2) is 36.1 Å². The van der Waals surface area contributed by atoms with E-state index in [1.54, 1.807) is 28.8 Å². The second-order valence-corrected chi connectivity index (χ2v) is 7.07. The number of benzene rings is 1. The molecular formula is C21H25N3O3. The molecule has 27 heavy (non-hydrogen) atoms. The molecule has 2 aromatic rings. The van der Waals surface area contributed by atoms with Gasteiger partial charge in [-0.25, -0.2) is 0 Å². The van der Waals surface area contributed by atoms with E-state index in [2.05, 4.69) is 4.99 Å². The van der Waals surface area contributed by atoms with Gasteiger partial charge in [-0.2, -0.15) is 0 Å². The largest absolute Gasteiger partial charge is 0.495 e. The summed E-state index contributed by atoms with van der Waals surface area (Å²) in [7, 11) is 1.58. The molecule has 1 unspecified atom stereocenters. The number of pyridine rings is 1. The van der Waals surface area contributed by atoms with Crippen molar-refractivity contribution in [2.24, 2.45) is 10.9 Å². The van der Waals surface area contributed by atoms with Gasteiger partial charge in [-0.15, -0.1) is 0 Å². The molecule has 1 atom stereocenters. The minimum atomic E-state index is -0.420. The number of nitrogens with zero attached hydrogens (tertiary/aromatic N) is 3. The Morgan fingerprint density at radius 2 is 2.04 bits per heavy atom. The lowest BCUT2D eigenvalue weighted by atomic mass is 10.1. The van der Waals surface area contributed by atoms with Crippen molar-refractivity contribution >= 4 is 17.5 Å². The second-order valence-electron chi connectivity index (χ2n) is 7.07. The van der Waals surface area contributed by atoms with E-state index in [0.717, 1.165) is 5.56 Å². The van der Waals surface area contributed by atoms with Crippen LogP contribution in [0.5, 0.6) is 5.75 Å². The van der Waals surface area contributed by atoms with Crippen molar-refractivity contribution in [1.29, 1.82) is 0 Å². The third-order valence-electron chi connectivity index (χ3n) is 4.57. The van der Waals surface area contributed by atoms with Gasteiger partial charge < -0.3 is 9.64 Å². The number of aryl methyl sites for hydroxylation is 1. The fourth-order valence-corrected chi connectivity index (χ4v) is 3.30. The molecule has 1 aromatic carbocycles. The van der Waals surface area contributed by atoms with E-state index in [0.29, 0.717) is 23.5 Å². The molecule has 1 aliphatic heterocycles. The molecule has 0 N–H and O–H groups in total. The smallest absolute Gasteiger partial charge is 0.237 e. The lowest BCUT2D eigenvalue weighted by Crippen LogP contribution is -2.34. The maximum absolute atomic E-state index is 13.1. The Kier molecular flexibility index (Phi) is 5.44. The molecule has 0 radical (unpaired) electrons. The average Bonchev–Trinajstić information content (AvgIpc) is 3.02. The number of ether oxygens (including phenoxy) is 1. The number of amides is 1. The Labute approximate surface area is 159 Å². The first kappa shape index (κ1) is 18.9. The summed E-state index contributed by atoms with van der Waals surface area (Å²) in [6.45, 7) is 6.23. The molecule has 0 aliphatic carbocycles. The second kappa shape index (κ2) is 7.78. The van der Waals surface area contributed by atoms with Crippen molar-refractivity contribution in [3.63, 3.8) is 0 Å². The molecule has 1 aliphatic rings. The normalized spacial score (nSPS) is 17.7. The van der Waals surface area contributed by atoms with E-state index >= 15 is 0 Å². The molecule has 2 heterocycles. The molecule has 0 saturated carbocycles. The molecule has 1 fully saturated rings. The molecule has 1 saturated heterocycles. The maximum atomic E-state index is 13.1. The summed E-state index contributed by atoms with van der Waals surface area (Å²) in [6, 6.07) is 11.2. The number of aromatic nitrogens is 1. The Morgan fingerprint density at radius 3 is 2.74 bits per heavy atom. The third kappa shape index (κ3) is 3.94. The zero-order valence-electron chi connectivity index (χ0n) is 16.2. The van der Waals surface area contributed by atoms with Crippen LogP contribution in [-0.2, 0) is 4.79 Å². The molecule has 3 rings (SSSR count). The maximum Gasteiger partial charge on any atom is 0.237 e. The summed E-state index contributed by atoms with van der Waals surface area (Å²) in [5.74, 6) is 0.0229. The predicted molar refractivity (Wildman–Crippen MR) is 104 cm³/mol. The van der Waals surface area contributed by atoms with Gasteiger partial charge in [0.2, 0.25) is 11.8 Å². The Balaban J connectivity index is 1.91. The number of carbonyl (C=O) groups excluding carboxylic acids is 2. The van der Waals surface area contributed by atoms with Crippen molar-refractivity contribution in [3.8, 4) is 5.75 Å². The van der Waals surface area contributed by atoms with Gasteiger partial charge >= 0.3 is 0 Å². The third-order valence-corrected chi connectivity index (χ3v) is 4.57. The summed E-state index contributed by atoms with van der Waals surface area (Å²) in [5.41, 5.74) is 2.35. The first-order valence-corrected chi connectivity index (χ1v) is 9.11. The molecule has 6 nitrogen and oxygen atoms in total. The summed E-state index contributed by atoms with van der Waals surface area (Å²) < 4.78 is 6.96. The highest BCUT2D eigenvalue weighted by atomic mass is 16.5. The van der Waals surface area contributed by atoms with Gasteiger partial charge in [-0.05, 0) is 50.6 Å². The fraction of sp³-hybridized carbons (Fsp3) is 0.381. The van der Waals surface area contributed by atoms with E-state index in [1.807, 2.05) is 51.1 Å². The number of methoxy groups -OCH3 is 1. The van der Waals surface area contributed by atoms with Crippen molar-refractivity contribution in [1.82, 2.24) is 4.57 Å². The van der Waals surface area contributed by atoms with Crippen LogP contribution in [0.15, 0.2) is 47.6 Å². The molecular weight excluding hydrogens is 342 g/mol. The Bertz CT molecular complexity index is 930. The van der Waals surface area contributed by atoms with Gasteiger partial charge in [0.25, 0.3) is 0 Å². The summed E-state index contributed by atoms with van der Waals surface area (Å²) in [6.07, 6.45) is 1.89. The molecule has 1 aromatic heterocycles. The standard InChI is InChI=1S/C21H25N3O3/c1-14(2)22-19-7-5-6-10-23(19)21(26)16-12-20(25)24(13-16)17-11-15(3)8-9-18(17)27-4/h5-11,14,16H,12-13H2,1-4H3. The SMILES string of the molecule is COc1ccc(C)cc1N1CC(C(=O)n2ccccc2=NC(C)C)CC1=O. The quantitative estimate of drug-likeness (QED) is 0.835. The van der Waals surface area contributed by atoms with Crippen molar-refractivity contribution in [3.05, 3.63) is 53.6 Å². The van der Waals surface area contributed by atoms with Crippen LogP contribution < -0.4 is 15.1 Å². The van der Waals surface area contributed by atoms with Gasteiger partial charge in [0, 0.05) is 25.2 Å². The minimum Gasteiger partial charge on any atom is -0.495 e.